The van der Waals surface area contributed by atoms with Crippen molar-refractivity contribution < 1.29 is 4.79 Å². The van der Waals surface area contributed by atoms with Crippen molar-refractivity contribution >= 4 is 11.7 Å². The molecule has 0 bridgehead atoms. The standard InChI is InChI=1S/C11H13N3O/c1-3-9(7-12)11(15)14-10-6-4-5-8(2)13-10/h4-6,9H,3H2,1-2H3,(H,13,14,15). The van der Waals surface area contributed by atoms with Crippen LogP contribution >= 0.6 is 0 Å². The average Bonchev–Trinajstić information content (AvgIpc) is 2.19. The first-order valence-electron chi connectivity index (χ1n) is 4.81. The molecule has 0 saturated carbocycles. The molecule has 1 N–H and O–H groups in total. The molecule has 78 valence electrons. The molecule has 1 amide bonds. The third-order valence-electron chi connectivity index (χ3n) is 2.02. The summed E-state index contributed by atoms with van der Waals surface area (Å²) in [5.41, 5.74) is 0.831. The molecule has 1 unspecified atom stereocenters. The third kappa shape index (κ3) is 3.06. The van der Waals surface area contributed by atoms with E-state index in [9.17, 15) is 4.79 Å². The van der Waals surface area contributed by atoms with Crippen LogP contribution in [0.25, 0.3) is 0 Å². The molecule has 0 spiro atoms. The van der Waals surface area contributed by atoms with Gasteiger partial charge in [-0.1, -0.05) is 13.0 Å². The summed E-state index contributed by atoms with van der Waals surface area (Å²) in [6.45, 7) is 3.65. The predicted octanol–water partition coefficient (Wildman–Crippen LogP) is 1.88. The number of hydrogen-bond donors (Lipinski definition) is 1. The van der Waals surface area contributed by atoms with Crippen LogP contribution in [0.4, 0.5) is 5.82 Å². The summed E-state index contributed by atoms with van der Waals surface area (Å²) >= 11 is 0. The molecule has 0 fully saturated rings. The molecule has 0 aromatic carbocycles. The average molecular weight is 203 g/mol. The molecular weight excluding hydrogens is 190 g/mol. The molecule has 1 rings (SSSR count). The largest absolute Gasteiger partial charge is 0.310 e. The molecule has 15 heavy (non-hydrogen) atoms. The van der Waals surface area contributed by atoms with Gasteiger partial charge in [-0.3, -0.25) is 4.79 Å². The van der Waals surface area contributed by atoms with E-state index in [0.717, 1.165) is 5.69 Å². The summed E-state index contributed by atoms with van der Waals surface area (Å²) in [6.07, 6.45) is 0.508. The molecule has 4 heteroatoms. The molecule has 0 saturated heterocycles. The molecule has 0 aliphatic heterocycles. The molecule has 1 aromatic heterocycles. The number of hydrogen-bond acceptors (Lipinski definition) is 3. The van der Waals surface area contributed by atoms with E-state index in [0.29, 0.717) is 12.2 Å². The fraction of sp³-hybridized carbons (Fsp3) is 0.364. The van der Waals surface area contributed by atoms with E-state index in [1.54, 1.807) is 13.0 Å². The number of pyridine rings is 1. The number of anilines is 1. The zero-order chi connectivity index (χ0) is 11.3. The van der Waals surface area contributed by atoms with Gasteiger partial charge in [-0.15, -0.1) is 0 Å². The van der Waals surface area contributed by atoms with Crippen molar-refractivity contribution in [3.05, 3.63) is 23.9 Å². The smallest absolute Gasteiger partial charge is 0.242 e. The zero-order valence-corrected chi connectivity index (χ0v) is 8.82. The number of rotatable bonds is 3. The molecule has 1 atom stereocenters. The molecule has 4 nitrogen and oxygen atoms in total. The van der Waals surface area contributed by atoms with Crippen LogP contribution < -0.4 is 5.32 Å². The second kappa shape index (κ2) is 5.11. The van der Waals surface area contributed by atoms with Crippen molar-refractivity contribution in [3.63, 3.8) is 0 Å². The minimum absolute atomic E-state index is 0.293. The third-order valence-corrected chi connectivity index (χ3v) is 2.02. The van der Waals surface area contributed by atoms with E-state index in [1.807, 2.05) is 25.1 Å². The van der Waals surface area contributed by atoms with Crippen molar-refractivity contribution in [2.75, 3.05) is 5.32 Å². The molecule has 0 aliphatic rings. The maximum Gasteiger partial charge on any atom is 0.242 e. The van der Waals surface area contributed by atoms with Gasteiger partial charge >= 0.3 is 0 Å². The molecule has 0 aliphatic carbocycles. The molecule has 1 heterocycles. The Morgan fingerprint density at radius 1 is 1.67 bits per heavy atom. The molecule has 1 aromatic rings. The van der Waals surface area contributed by atoms with Crippen LogP contribution in [-0.2, 0) is 4.79 Å². The lowest BCUT2D eigenvalue weighted by atomic mass is 10.1. The number of carbonyl (C=O) groups is 1. The Morgan fingerprint density at radius 2 is 2.40 bits per heavy atom. The summed E-state index contributed by atoms with van der Waals surface area (Å²) in [5.74, 6) is -0.404. The lowest BCUT2D eigenvalue weighted by Gasteiger charge is -2.07. The fourth-order valence-corrected chi connectivity index (χ4v) is 1.16. The number of nitrogens with one attached hydrogen (secondary N) is 1. The highest BCUT2D eigenvalue weighted by Crippen LogP contribution is 2.08. The zero-order valence-electron chi connectivity index (χ0n) is 8.82. The summed E-state index contributed by atoms with van der Waals surface area (Å²) < 4.78 is 0. The van der Waals surface area contributed by atoms with Gasteiger partial charge in [0.15, 0.2) is 0 Å². The summed E-state index contributed by atoms with van der Waals surface area (Å²) in [6, 6.07) is 7.31. The lowest BCUT2D eigenvalue weighted by molar-refractivity contribution is -0.118. The topological polar surface area (TPSA) is 65.8 Å². The first-order chi connectivity index (χ1) is 7.17. The Morgan fingerprint density at radius 3 is 2.93 bits per heavy atom. The second-order valence-corrected chi connectivity index (χ2v) is 3.24. The van der Waals surface area contributed by atoms with E-state index < -0.39 is 5.92 Å². The second-order valence-electron chi connectivity index (χ2n) is 3.24. The van der Waals surface area contributed by atoms with Gasteiger partial charge < -0.3 is 5.32 Å². The Balaban J connectivity index is 2.71. The number of aryl methyl sites for hydroxylation is 1. The van der Waals surface area contributed by atoms with E-state index in [2.05, 4.69) is 10.3 Å². The van der Waals surface area contributed by atoms with Crippen LogP contribution in [0, 0.1) is 24.2 Å². The van der Waals surface area contributed by atoms with Crippen molar-refractivity contribution in [3.8, 4) is 6.07 Å². The van der Waals surface area contributed by atoms with E-state index in [1.165, 1.54) is 0 Å². The van der Waals surface area contributed by atoms with Crippen LogP contribution in [0.3, 0.4) is 0 Å². The van der Waals surface area contributed by atoms with Gasteiger partial charge in [-0.25, -0.2) is 4.98 Å². The minimum Gasteiger partial charge on any atom is -0.310 e. The predicted molar refractivity (Wildman–Crippen MR) is 57.0 cm³/mol. The van der Waals surface area contributed by atoms with E-state index >= 15 is 0 Å². The van der Waals surface area contributed by atoms with Gasteiger partial charge in [-0.2, -0.15) is 5.26 Å². The fourth-order valence-electron chi connectivity index (χ4n) is 1.16. The first-order valence-corrected chi connectivity index (χ1v) is 4.81. The Bertz CT molecular complexity index is 395. The number of aromatic nitrogens is 1. The lowest BCUT2D eigenvalue weighted by Crippen LogP contribution is -2.21. The minimum atomic E-state index is -0.604. The van der Waals surface area contributed by atoms with Crippen LogP contribution in [0.2, 0.25) is 0 Å². The van der Waals surface area contributed by atoms with Crippen molar-refractivity contribution in [2.45, 2.75) is 20.3 Å². The van der Waals surface area contributed by atoms with Crippen molar-refractivity contribution in [1.29, 1.82) is 5.26 Å². The van der Waals surface area contributed by atoms with Gasteiger partial charge in [0.2, 0.25) is 5.91 Å². The number of carbonyl (C=O) groups excluding carboxylic acids is 1. The summed E-state index contributed by atoms with van der Waals surface area (Å²) in [5, 5.41) is 11.3. The van der Waals surface area contributed by atoms with Crippen LogP contribution in [-0.4, -0.2) is 10.9 Å². The maximum absolute atomic E-state index is 11.5. The maximum atomic E-state index is 11.5. The quantitative estimate of drug-likeness (QED) is 0.815. The highest BCUT2D eigenvalue weighted by molar-refractivity contribution is 5.93. The SMILES string of the molecule is CCC(C#N)C(=O)Nc1cccc(C)n1. The summed E-state index contributed by atoms with van der Waals surface area (Å²) in [4.78, 5) is 15.6. The Kier molecular flexibility index (Phi) is 3.81. The highest BCUT2D eigenvalue weighted by atomic mass is 16.1. The summed E-state index contributed by atoms with van der Waals surface area (Å²) in [7, 11) is 0. The van der Waals surface area contributed by atoms with Crippen LogP contribution in [0.5, 0.6) is 0 Å². The van der Waals surface area contributed by atoms with Crippen molar-refractivity contribution in [2.24, 2.45) is 5.92 Å². The van der Waals surface area contributed by atoms with E-state index in [-0.39, 0.29) is 5.91 Å². The van der Waals surface area contributed by atoms with Gasteiger partial charge in [-0.05, 0) is 25.5 Å². The molecular formula is C11H13N3O. The van der Waals surface area contributed by atoms with Crippen LogP contribution in [0.15, 0.2) is 18.2 Å². The van der Waals surface area contributed by atoms with Gasteiger partial charge in [0, 0.05) is 5.69 Å². The number of amides is 1. The van der Waals surface area contributed by atoms with Gasteiger partial charge in [0.05, 0.1) is 6.07 Å². The number of nitrogens with zero attached hydrogens (tertiary/aromatic N) is 2. The Labute approximate surface area is 88.9 Å². The Hall–Kier alpha value is -1.89. The molecule has 0 radical (unpaired) electrons. The monoisotopic (exact) mass is 203 g/mol. The normalized spacial score (nSPS) is 11.5. The first kappa shape index (κ1) is 11.2. The van der Waals surface area contributed by atoms with Crippen molar-refractivity contribution in [1.82, 2.24) is 4.98 Å². The highest BCUT2D eigenvalue weighted by Gasteiger charge is 2.15. The van der Waals surface area contributed by atoms with E-state index in [4.69, 9.17) is 5.26 Å². The van der Waals surface area contributed by atoms with Gasteiger partial charge in [0.1, 0.15) is 11.7 Å². The van der Waals surface area contributed by atoms with Crippen LogP contribution in [0.1, 0.15) is 19.0 Å². The van der Waals surface area contributed by atoms with Gasteiger partial charge in [0.25, 0.3) is 0 Å². The number of nitriles is 1.